The van der Waals surface area contributed by atoms with E-state index in [1.807, 2.05) is 13.8 Å². The number of nitrogens with zero attached hydrogens (tertiary/aromatic N) is 1. The zero-order valence-corrected chi connectivity index (χ0v) is 15.1. The topological polar surface area (TPSA) is 64.4 Å². The average Bonchev–Trinajstić information content (AvgIpc) is 2.82. The molecule has 0 spiro atoms. The van der Waals surface area contributed by atoms with E-state index in [-0.39, 0.29) is 29.4 Å². The molecule has 0 fully saturated rings. The van der Waals surface area contributed by atoms with Crippen LogP contribution in [0.2, 0.25) is 5.22 Å². The van der Waals surface area contributed by atoms with Gasteiger partial charge in [-0.3, -0.25) is 4.79 Å². The van der Waals surface area contributed by atoms with Crippen molar-refractivity contribution in [3.05, 3.63) is 46.1 Å². The summed E-state index contributed by atoms with van der Waals surface area (Å²) in [5.74, 6) is -0.00628. The first-order chi connectivity index (χ1) is 11.7. The number of hydrogen-bond donors (Lipinski definition) is 1. The normalized spacial score (nSPS) is 18.4. The predicted molar refractivity (Wildman–Crippen MR) is 91.2 cm³/mol. The quantitative estimate of drug-likeness (QED) is 0.883. The molecule has 5 nitrogen and oxygen atoms in total. The number of amides is 1. The SMILES string of the molecule is Cc1noc(Cl)c1CCC(=O)NC1CC(C)(C)Oc2cc(F)ccc21. The summed E-state index contributed by atoms with van der Waals surface area (Å²) in [5.41, 5.74) is 1.72. The van der Waals surface area contributed by atoms with Crippen molar-refractivity contribution < 1.29 is 18.4 Å². The first kappa shape index (κ1) is 17.7. The lowest BCUT2D eigenvalue weighted by Crippen LogP contribution is -2.41. The lowest BCUT2D eigenvalue weighted by Gasteiger charge is -2.37. The summed E-state index contributed by atoms with van der Waals surface area (Å²) < 4.78 is 24.2. The minimum atomic E-state index is -0.493. The van der Waals surface area contributed by atoms with Crippen molar-refractivity contribution in [2.24, 2.45) is 0 Å². The van der Waals surface area contributed by atoms with Gasteiger partial charge in [0, 0.05) is 30.0 Å². The first-order valence-corrected chi connectivity index (χ1v) is 8.51. The Morgan fingerprint density at radius 3 is 2.92 bits per heavy atom. The number of nitrogens with one attached hydrogen (secondary N) is 1. The second-order valence-electron chi connectivity index (χ2n) is 6.89. The Kier molecular flexibility index (Phi) is 4.73. The highest BCUT2D eigenvalue weighted by Gasteiger charge is 2.34. The molecule has 0 saturated heterocycles. The van der Waals surface area contributed by atoms with Crippen molar-refractivity contribution in [1.82, 2.24) is 10.5 Å². The van der Waals surface area contributed by atoms with Gasteiger partial charge in [-0.05, 0) is 44.9 Å². The van der Waals surface area contributed by atoms with Gasteiger partial charge in [0.2, 0.25) is 11.1 Å². The number of halogens is 2. The van der Waals surface area contributed by atoms with Gasteiger partial charge in [0.25, 0.3) is 0 Å². The highest BCUT2D eigenvalue weighted by molar-refractivity contribution is 6.29. The van der Waals surface area contributed by atoms with Gasteiger partial charge in [-0.2, -0.15) is 0 Å². The van der Waals surface area contributed by atoms with Gasteiger partial charge < -0.3 is 14.6 Å². The van der Waals surface area contributed by atoms with Crippen molar-refractivity contribution in [1.29, 1.82) is 0 Å². The van der Waals surface area contributed by atoms with E-state index in [1.165, 1.54) is 12.1 Å². The molecule has 7 heteroatoms. The van der Waals surface area contributed by atoms with Crippen LogP contribution in [0.5, 0.6) is 5.75 Å². The van der Waals surface area contributed by atoms with E-state index in [9.17, 15) is 9.18 Å². The van der Waals surface area contributed by atoms with E-state index in [0.29, 0.717) is 24.3 Å². The number of aromatic nitrogens is 1. The molecule has 1 unspecified atom stereocenters. The van der Waals surface area contributed by atoms with Gasteiger partial charge in [0.15, 0.2) is 0 Å². The molecule has 0 bridgehead atoms. The van der Waals surface area contributed by atoms with Gasteiger partial charge in [0.05, 0.1) is 11.7 Å². The number of carbonyl (C=O) groups excluding carboxylic acids is 1. The molecule has 1 aromatic carbocycles. The maximum absolute atomic E-state index is 13.5. The lowest BCUT2D eigenvalue weighted by atomic mass is 9.89. The van der Waals surface area contributed by atoms with Crippen LogP contribution >= 0.6 is 11.6 Å². The van der Waals surface area contributed by atoms with Crippen molar-refractivity contribution in [3.63, 3.8) is 0 Å². The molecule has 0 radical (unpaired) electrons. The predicted octanol–water partition coefficient (Wildman–Crippen LogP) is 4.13. The zero-order chi connectivity index (χ0) is 18.2. The van der Waals surface area contributed by atoms with Crippen LogP contribution < -0.4 is 10.1 Å². The fourth-order valence-corrected chi connectivity index (χ4v) is 3.37. The smallest absolute Gasteiger partial charge is 0.229 e. The van der Waals surface area contributed by atoms with Gasteiger partial charge in [-0.25, -0.2) is 4.39 Å². The second kappa shape index (κ2) is 6.67. The molecule has 1 aliphatic heterocycles. The van der Waals surface area contributed by atoms with Crippen LogP contribution in [-0.4, -0.2) is 16.7 Å². The lowest BCUT2D eigenvalue weighted by molar-refractivity contribution is -0.122. The molecule has 1 atom stereocenters. The van der Waals surface area contributed by atoms with Crippen LogP contribution in [0.3, 0.4) is 0 Å². The van der Waals surface area contributed by atoms with Crippen molar-refractivity contribution in [2.75, 3.05) is 0 Å². The summed E-state index contributed by atoms with van der Waals surface area (Å²) in [7, 11) is 0. The number of hydrogen-bond acceptors (Lipinski definition) is 4. The van der Waals surface area contributed by atoms with Gasteiger partial charge in [0.1, 0.15) is 17.2 Å². The van der Waals surface area contributed by atoms with Crippen molar-refractivity contribution in [2.45, 2.75) is 51.7 Å². The Hall–Kier alpha value is -2.08. The minimum absolute atomic E-state index is 0.116. The second-order valence-corrected chi connectivity index (χ2v) is 7.23. The third-order valence-electron chi connectivity index (χ3n) is 4.31. The standard InChI is InChI=1S/C18H20ClFN2O3/c1-10-12(17(19)25-22-10)6-7-16(23)21-14-9-18(2,3)24-15-8-11(20)4-5-13(14)15/h4-5,8,14H,6-7,9H2,1-3H3,(H,21,23). The van der Waals surface area contributed by atoms with E-state index < -0.39 is 5.60 Å². The molecule has 1 aliphatic rings. The number of rotatable bonds is 4. The summed E-state index contributed by atoms with van der Waals surface area (Å²) in [6.07, 6.45) is 1.31. The molecule has 1 amide bonds. The maximum Gasteiger partial charge on any atom is 0.229 e. The number of carbonyl (C=O) groups is 1. The Labute approximate surface area is 150 Å². The summed E-state index contributed by atoms with van der Waals surface area (Å²) in [6, 6.07) is 4.16. The molecule has 0 saturated carbocycles. The first-order valence-electron chi connectivity index (χ1n) is 8.13. The van der Waals surface area contributed by atoms with Gasteiger partial charge in [-0.15, -0.1) is 0 Å². The van der Waals surface area contributed by atoms with Crippen LogP contribution in [-0.2, 0) is 11.2 Å². The number of ether oxygens (including phenoxy) is 1. The van der Waals surface area contributed by atoms with E-state index in [0.717, 1.165) is 11.1 Å². The summed E-state index contributed by atoms with van der Waals surface area (Å²) in [6.45, 7) is 5.62. The highest BCUT2D eigenvalue weighted by atomic mass is 35.5. The largest absolute Gasteiger partial charge is 0.487 e. The average molecular weight is 367 g/mol. The molecular formula is C18H20ClFN2O3. The fraction of sp³-hybridized carbons (Fsp3) is 0.444. The number of benzene rings is 1. The van der Waals surface area contributed by atoms with E-state index in [1.54, 1.807) is 13.0 Å². The molecule has 25 heavy (non-hydrogen) atoms. The monoisotopic (exact) mass is 366 g/mol. The van der Waals surface area contributed by atoms with Gasteiger partial charge >= 0.3 is 0 Å². The van der Waals surface area contributed by atoms with Crippen LogP contribution in [0.15, 0.2) is 22.7 Å². The third-order valence-corrected chi connectivity index (χ3v) is 4.60. The molecule has 2 heterocycles. The Balaban J connectivity index is 1.71. The summed E-state index contributed by atoms with van der Waals surface area (Å²) >= 11 is 5.93. The third kappa shape index (κ3) is 3.95. The Bertz CT molecular complexity index is 784. The Morgan fingerprint density at radius 2 is 2.24 bits per heavy atom. The van der Waals surface area contributed by atoms with Crippen LogP contribution in [0.1, 0.15) is 49.6 Å². The molecule has 1 aromatic heterocycles. The zero-order valence-electron chi connectivity index (χ0n) is 14.4. The maximum atomic E-state index is 13.5. The van der Waals surface area contributed by atoms with Crippen LogP contribution in [0.25, 0.3) is 0 Å². The van der Waals surface area contributed by atoms with Crippen LogP contribution in [0.4, 0.5) is 4.39 Å². The summed E-state index contributed by atoms with van der Waals surface area (Å²) in [4.78, 5) is 12.4. The number of aryl methyl sites for hydroxylation is 1. The summed E-state index contributed by atoms with van der Waals surface area (Å²) in [5, 5.41) is 7.01. The molecular weight excluding hydrogens is 347 g/mol. The van der Waals surface area contributed by atoms with E-state index in [4.69, 9.17) is 20.9 Å². The molecule has 134 valence electrons. The van der Waals surface area contributed by atoms with E-state index in [2.05, 4.69) is 10.5 Å². The Morgan fingerprint density at radius 1 is 1.48 bits per heavy atom. The minimum Gasteiger partial charge on any atom is -0.487 e. The number of fused-ring (bicyclic) bond motifs is 1. The fourth-order valence-electron chi connectivity index (χ4n) is 3.10. The molecule has 3 rings (SSSR count). The highest BCUT2D eigenvalue weighted by Crippen LogP contribution is 2.39. The molecule has 2 aromatic rings. The van der Waals surface area contributed by atoms with Crippen LogP contribution in [0, 0.1) is 12.7 Å². The van der Waals surface area contributed by atoms with Crippen molar-refractivity contribution >= 4 is 17.5 Å². The van der Waals surface area contributed by atoms with Crippen molar-refractivity contribution in [3.8, 4) is 5.75 Å². The van der Waals surface area contributed by atoms with Gasteiger partial charge in [-0.1, -0.05) is 11.2 Å². The molecule has 0 aliphatic carbocycles. The molecule has 1 N–H and O–H groups in total. The van der Waals surface area contributed by atoms with E-state index >= 15 is 0 Å².